The quantitative estimate of drug-likeness (QED) is 0.667. The van der Waals surface area contributed by atoms with Gasteiger partial charge in [0.25, 0.3) is 5.91 Å². The number of halogens is 1. The summed E-state index contributed by atoms with van der Waals surface area (Å²) in [5.41, 5.74) is 1.84. The fraction of sp³-hybridized carbons (Fsp3) is 0.450. The number of rotatable bonds is 6. The minimum Gasteiger partial charge on any atom is -0.446 e. The number of ether oxygens (including phenoxy) is 2. The summed E-state index contributed by atoms with van der Waals surface area (Å²) in [5.74, 6) is 0.553. The van der Waals surface area contributed by atoms with Crippen molar-refractivity contribution in [2.75, 3.05) is 11.9 Å². The zero-order valence-electron chi connectivity index (χ0n) is 15.8. The summed E-state index contributed by atoms with van der Waals surface area (Å²) in [6, 6.07) is 9.14. The van der Waals surface area contributed by atoms with Crippen molar-refractivity contribution in [3.63, 3.8) is 0 Å². The first-order valence-electron chi connectivity index (χ1n) is 9.73. The van der Waals surface area contributed by atoms with Gasteiger partial charge < -0.3 is 20.1 Å². The second-order valence-electron chi connectivity index (χ2n) is 7.38. The number of anilines is 1. The monoisotopic (exact) mass is 418 g/mol. The Labute approximate surface area is 173 Å². The molecular weight excluding hydrogens is 396 g/mol. The lowest BCUT2D eigenvalue weighted by Crippen LogP contribution is -2.36. The topological polar surface area (TPSA) is 105 Å². The summed E-state index contributed by atoms with van der Waals surface area (Å²) < 4.78 is 10.8. The van der Waals surface area contributed by atoms with E-state index < -0.39 is 6.09 Å². The van der Waals surface area contributed by atoms with Gasteiger partial charge in [-0.25, -0.2) is 4.79 Å². The number of hydrogen-bond acceptors (Lipinski definition) is 5. The van der Waals surface area contributed by atoms with Crippen molar-refractivity contribution >= 4 is 29.4 Å². The van der Waals surface area contributed by atoms with Gasteiger partial charge in [0.05, 0.1) is 0 Å². The van der Waals surface area contributed by atoms with Gasteiger partial charge in [-0.2, -0.15) is 5.10 Å². The van der Waals surface area contributed by atoms with Crippen LogP contribution in [0.2, 0.25) is 5.02 Å². The number of aromatic nitrogens is 2. The lowest BCUT2D eigenvalue weighted by Gasteiger charge is -2.33. The first-order valence-corrected chi connectivity index (χ1v) is 10.1. The number of hydrogen-bond donors (Lipinski definition) is 3. The molecule has 1 saturated heterocycles. The van der Waals surface area contributed by atoms with Crippen LogP contribution < -0.4 is 10.6 Å². The Hall–Kier alpha value is -2.58. The SMILES string of the molecule is O=C(NCc1cccc(Cl)c1)OC1CC(c2cc(NC(=O)[C@H]3CCCO3)n[nH]2)C1. The lowest BCUT2D eigenvalue weighted by molar-refractivity contribution is -0.124. The molecule has 0 bridgehead atoms. The summed E-state index contributed by atoms with van der Waals surface area (Å²) in [4.78, 5) is 24.0. The molecule has 8 nitrogen and oxygen atoms in total. The van der Waals surface area contributed by atoms with Gasteiger partial charge in [0.2, 0.25) is 0 Å². The first-order chi connectivity index (χ1) is 14.1. The molecule has 1 aromatic heterocycles. The van der Waals surface area contributed by atoms with Gasteiger partial charge in [0.1, 0.15) is 12.2 Å². The third-order valence-electron chi connectivity index (χ3n) is 5.21. The molecule has 9 heteroatoms. The number of amides is 2. The third-order valence-corrected chi connectivity index (χ3v) is 5.44. The van der Waals surface area contributed by atoms with Gasteiger partial charge in [-0.1, -0.05) is 23.7 Å². The molecule has 0 radical (unpaired) electrons. The molecule has 1 atom stereocenters. The molecular formula is C20H23ClN4O4. The second kappa shape index (κ2) is 8.84. The molecule has 0 spiro atoms. The first kappa shape index (κ1) is 19.7. The Bertz CT molecular complexity index is 875. The van der Waals surface area contributed by atoms with E-state index in [-0.39, 0.29) is 24.0 Å². The van der Waals surface area contributed by atoms with Gasteiger partial charge in [-0.3, -0.25) is 9.89 Å². The van der Waals surface area contributed by atoms with E-state index in [1.165, 1.54) is 0 Å². The highest BCUT2D eigenvalue weighted by Crippen LogP contribution is 2.38. The van der Waals surface area contributed by atoms with E-state index in [4.69, 9.17) is 21.1 Å². The van der Waals surface area contributed by atoms with E-state index in [1.807, 2.05) is 18.2 Å². The summed E-state index contributed by atoms with van der Waals surface area (Å²) in [5, 5.41) is 13.2. The molecule has 3 N–H and O–H groups in total. The minimum absolute atomic E-state index is 0.132. The molecule has 2 fully saturated rings. The summed E-state index contributed by atoms with van der Waals surface area (Å²) >= 11 is 5.93. The molecule has 2 heterocycles. The smallest absolute Gasteiger partial charge is 0.407 e. The second-order valence-corrected chi connectivity index (χ2v) is 7.81. The predicted molar refractivity (Wildman–Crippen MR) is 107 cm³/mol. The summed E-state index contributed by atoms with van der Waals surface area (Å²) in [6.45, 7) is 0.990. The van der Waals surface area contributed by atoms with Crippen molar-refractivity contribution in [3.8, 4) is 0 Å². The number of H-pyrrole nitrogens is 1. The Morgan fingerprint density at radius 2 is 2.17 bits per heavy atom. The number of nitrogens with one attached hydrogen (secondary N) is 3. The van der Waals surface area contributed by atoms with Crippen molar-refractivity contribution in [1.82, 2.24) is 15.5 Å². The van der Waals surface area contributed by atoms with Crippen molar-refractivity contribution in [1.29, 1.82) is 0 Å². The van der Waals surface area contributed by atoms with Gasteiger partial charge in [0.15, 0.2) is 5.82 Å². The van der Waals surface area contributed by atoms with Crippen LogP contribution in [0.1, 0.15) is 42.9 Å². The van der Waals surface area contributed by atoms with Crippen LogP contribution >= 0.6 is 11.6 Å². The largest absolute Gasteiger partial charge is 0.446 e. The van der Waals surface area contributed by atoms with Crippen molar-refractivity contribution in [2.45, 2.75) is 50.4 Å². The van der Waals surface area contributed by atoms with Gasteiger partial charge in [-0.15, -0.1) is 0 Å². The summed E-state index contributed by atoms with van der Waals surface area (Å²) in [6.07, 6.45) is 2.11. The fourth-order valence-electron chi connectivity index (χ4n) is 3.53. The number of nitrogens with zero attached hydrogens (tertiary/aromatic N) is 1. The van der Waals surface area contributed by atoms with Crippen LogP contribution in [0, 0.1) is 0 Å². The highest BCUT2D eigenvalue weighted by molar-refractivity contribution is 6.30. The van der Waals surface area contributed by atoms with Crippen LogP contribution in [0.15, 0.2) is 30.3 Å². The average Bonchev–Trinajstić information content (AvgIpc) is 3.35. The van der Waals surface area contributed by atoms with E-state index in [2.05, 4.69) is 20.8 Å². The number of benzene rings is 1. The van der Waals surface area contributed by atoms with Crippen LogP contribution in [0.5, 0.6) is 0 Å². The Balaban J connectivity index is 1.18. The van der Waals surface area contributed by atoms with Crippen LogP contribution in [-0.4, -0.2) is 41.0 Å². The fourth-order valence-corrected chi connectivity index (χ4v) is 3.74. The third kappa shape index (κ3) is 5.07. The minimum atomic E-state index is -0.442. The van der Waals surface area contributed by atoms with E-state index in [9.17, 15) is 9.59 Å². The van der Waals surface area contributed by atoms with Gasteiger partial charge in [0, 0.05) is 35.9 Å². The average molecular weight is 419 g/mol. The number of alkyl carbamates (subject to hydrolysis) is 1. The normalized spacial score (nSPS) is 23.3. The number of carbonyl (C=O) groups is 2. The summed E-state index contributed by atoms with van der Waals surface area (Å²) in [7, 11) is 0. The van der Waals surface area contributed by atoms with Crippen LogP contribution in [-0.2, 0) is 20.8 Å². The van der Waals surface area contributed by atoms with Crippen molar-refractivity contribution in [2.24, 2.45) is 0 Å². The van der Waals surface area contributed by atoms with Gasteiger partial charge >= 0.3 is 6.09 Å². The highest BCUT2D eigenvalue weighted by Gasteiger charge is 2.34. The number of aromatic amines is 1. The Morgan fingerprint density at radius 3 is 2.93 bits per heavy atom. The molecule has 1 aliphatic heterocycles. The predicted octanol–water partition coefficient (Wildman–Crippen LogP) is 3.35. The van der Waals surface area contributed by atoms with Crippen LogP contribution in [0.4, 0.5) is 10.6 Å². The van der Waals surface area contributed by atoms with E-state index in [0.717, 1.165) is 24.1 Å². The molecule has 2 aliphatic rings. The number of carbonyl (C=O) groups excluding carboxylic acids is 2. The molecule has 29 heavy (non-hydrogen) atoms. The lowest BCUT2D eigenvalue weighted by atomic mass is 9.80. The maximum Gasteiger partial charge on any atom is 0.407 e. The maximum absolute atomic E-state index is 12.1. The Morgan fingerprint density at radius 1 is 1.31 bits per heavy atom. The van der Waals surface area contributed by atoms with E-state index in [0.29, 0.717) is 36.8 Å². The van der Waals surface area contributed by atoms with Crippen LogP contribution in [0.3, 0.4) is 0 Å². The zero-order chi connectivity index (χ0) is 20.2. The zero-order valence-corrected chi connectivity index (χ0v) is 16.6. The molecule has 2 aromatic rings. The molecule has 1 aliphatic carbocycles. The molecule has 4 rings (SSSR count). The van der Waals surface area contributed by atoms with Crippen molar-refractivity contribution < 1.29 is 19.1 Å². The molecule has 1 aromatic carbocycles. The highest BCUT2D eigenvalue weighted by atomic mass is 35.5. The maximum atomic E-state index is 12.1. The molecule has 0 unspecified atom stereocenters. The van der Waals surface area contributed by atoms with E-state index in [1.54, 1.807) is 12.1 Å². The Kier molecular flexibility index (Phi) is 6.01. The molecule has 1 saturated carbocycles. The van der Waals surface area contributed by atoms with Crippen LogP contribution in [0.25, 0.3) is 0 Å². The van der Waals surface area contributed by atoms with E-state index >= 15 is 0 Å². The molecule has 154 valence electrons. The van der Waals surface area contributed by atoms with Gasteiger partial charge in [-0.05, 0) is 43.4 Å². The van der Waals surface area contributed by atoms with Crippen molar-refractivity contribution in [3.05, 3.63) is 46.6 Å². The molecule has 2 amide bonds. The standard InChI is InChI=1S/C20H23ClN4O4/c21-14-4-1-3-12(7-14)11-22-20(27)29-15-8-13(9-15)16-10-18(25-24-16)23-19(26)17-5-2-6-28-17/h1,3-4,7,10,13,15,17H,2,5-6,8-9,11H2,(H,22,27)(H2,23,24,25,26)/t13?,15?,17-/m1/s1.